The molecule has 0 fully saturated rings. The van der Waals surface area contributed by atoms with Gasteiger partial charge < -0.3 is 4.74 Å². The zero-order valence-electron chi connectivity index (χ0n) is 10.1. The number of nitrogens with one attached hydrogen (secondary N) is 1. The molecular formula is C13H11BrN2O2S. The van der Waals surface area contributed by atoms with Crippen LogP contribution in [-0.2, 0) is 0 Å². The van der Waals surface area contributed by atoms with Crippen LogP contribution in [0.15, 0.2) is 45.3 Å². The molecule has 1 N–H and O–H groups in total. The summed E-state index contributed by atoms with van der Waals surface area (Å²) in [5.74, 6) is 0.412. The molecule has 0 spiro atoms. The van der Waals surface area contributed by atoms with E-state index in [1.807, 2.05) is 17.5 Å². The fourth-order valence-electron chi connectivity index (χ4n) is 1.39. The van der Waals surface area contributed by atoms with Crippen molar-refractivity contribution in [3.8, 4) is 5.75 Å². The van der Waals surface area contributed by atoms with Gasteiger partial charge in [0.1, 0.15) is 5.75 Å². The van der Waals surface area contributed by atoms with Crippen LogP contribution in [-0.4, -0.2) is 19.2 Å². The van der Waals surface area contributed by atoms with Crippen molar-refractivity contribution in [1.82, 2.24) is 5.43 Å². The first kappa shape index (κ1) is 13.8. The highest BCUT2D eigenvalue weighted by atomic mass is 79.9. The van der Waals surface area contributed by atoms with Gasteiger partial charge in [0.2, 0.25) is 0 Å². The highest BCUT2D eigenvalue weighted by Crippen LogP contribution is 2.25. The van der Waals surface area contributed by atoms with Gasteiger partial charge in [0.25, 0.3) is 5.91 Å². The number of amides is 1. The number of rotatable bonds is 4. The normalized spacial score (nSPS) is 10.6. The van der Waals surface area contributed by atoms with Crippen molar-refractivity contribution < 1.29 is 9.53 Å². The summed E-state index contributed by atoms with van der Waals surface area (Å²) in [6.45, 7) is 0. The Morgan fingerprint density at radius 2 is 2.32 bits per heavy atom. The molecule has 0 aliphatic heterocycles. The number of thiophene rings is 1. The number of carbonyl (C=O) groups is 1. The molecule has 2 aromatic rings. The van der Waals surface area contributed by atoms with Gasteiger partial charge in [-0.25, -0.2) is 5.43 Å². The van der Waals surface area contributed by atoms with E-state index in [9.17, 15) is 4.79 Å². The minimum Gasteiger partial charge on any atom is -0.496 e. The molecule has 0 saturated heterocycles. The highest BCUT2D eigenvalue weighted by Gasteiger charge is 2.07. The molecule has 0 aliphatic rings. The van der Waals surface area contributed by atoms with Crippen LogP contribution < -0.4 is 10.2 Å². The van der Waals surface area contributed by atoms with E-state index in [0.717, 1.165) is 9.35 Å². The second-order valence-corrected chi connectivity index (χ2v) is 5.40. The Balaban J connectivity index is 2.02. The Labute approximate surface area is 123 Å². The van der Waals surface area contributed by atoms with Crippen LogP contribution in [0.2, 0.25) is 0 Å². The highest BCUT2D eigenvalue weighted by molar-refractivity contribution is 9.10. The number of ether oxygens (including phenoxy) is 1. The van der Waals surface area contributed by atoms with Crippen LogP contribution in [0, 0.1) is 0 Å². The van der Waals surface area contributed by atoms with Crippen molar-refractivity contribution in [3.05, 3.63) is 50.6 Å². The molecule has 0 radical (unpaired) electrons. The molecule has 0 bridgehead atoms. The van der Waals surface area contributed by atoms with Gasteiger partial charge in [-0.3, -0.25) is 4.79 Å². The van der Waals surface area contributed by atoms with Gasteiger partial charge in [-0.2, -0.15) is 5.10 Å². The average molecular weight is 339 g/mol. The molecule has 1 amide bonds. The number of hydrazone groups is 1. The lowest BCUT2D eigenvalue weighted by atomic mass is 10.2. The van der Waals surface area contributed by atoms with E-state index in [2.05, 4.69) is 26.5 Å². The van der Waals surface area contributed by atoms with Crippen molar-refractivity contribution in [2.45, 2.75) is 0 Å². The van der Waals surface area contributed by atoms with Gasteiger partial charge in [-0.15, -0.1) is 11.3 Å². The summed E-state index contributed by atoms with van der Waals surface area (Å²) < 4.78 is 5.83. The first-order chi connectivity index (χ1) is 9.20. The number of benzene rings is 1. The molecule has 0 saturated carbocycles. The predicted octanol–water partition coefficient (Wildman–Crippen LogP) is 3.28. The van der Waals surface area contributed by atoms with Gasteiger partial charge >= 0.3 is 0 Å². The van der Waals surface area contributed by atoms with Crippen molar-refractivity contribution in [1.29, 1.82) is 0 Å². The Bertz CT molecular complexity index is 597. The van der Waals surface area contributed by atoms with Crippen molar-refractivity contribution in [2.24, 2.45) is 5.10 Å². The summed E-state index contributed by atoms with van der Waals surface area (Å²) in [4.78, 5) is 12.8. The van der Waals surface area contributed by atoms with Crippen LogP contribution in [0.25, 0.3) is 0 Å². The van der Waals surface area contributed by atoms with Crippen molar-refractivity contribution in [2.75, 3.05) is 7.11 Å². The molecule has 2 rings (SSSR count). The summed E-state index contributed by atoms with van der Waals surface area (Å²) >= 11 is 4.89. The van der Waals surface area contributed by atoms with E-state index < -0.39 is 0 Å². The fraction of sp³-hybridized carbons (Fsp3) is 0.0769. The second-order valence-electron chi connectivity index (χ2n) is 3.56. The molecule has 1 aromatic carbocycles. The summed E-state index contributed by atoms with van der Waals surface area (Å²) in [5.41, 5.74) is 2.99. The first-order valence-corrected chi connectivity index (χ1v) is 7.08. The number of carbonyl (C=O) groups excluding carboxylic acids is 1. The molecule has 4 nitrogen and oxygen atoms in total. The van der Waals surface area contributed by atoms with Crippen LogP contribution in [0.4, 0.5) is 0 Å². The van der Waals surface area contributed by atoms with Gasteiger partial charge in [-0.05, 0) is 45.6 Å². The van der Waals surface area contributed by atoms with Gasteiger partial charge in [0.15, 0.2) is 0 Å². The molecule has 0 atom stereocenters. The second kappa shape index (κ2) is 6.49. The lowest BCUT2D eigenvalue weighted by molar-refractivity contribution is 0.0955. The van der Waals surface area contributed by atoms with E-state index in [1.165, 1.54) is 0 Å². The summed E-state index contributed by atoms with van der Waals surface area (Å²) in [5, 5.41) is 5.85. The Morgan fingerprint density at radius 3 is 2.95 bits per heavy atom. The molecule has 1 heterocycles. The van der Waals surface area contributed by atoms with Gasteiger partial charge in [0.05, 0.1) is 17.8 Å². The van der Waals surface area contributed by atoms with Crippen LogP contribution >= 0.6 is 27.3 Å². The van der Waals surface area contributed by atoms with Crippen LogP contribution in [0.1, 0.15) is 15.2 Å². The molecular weight excluding hydrogens is 328 g/mol. The molecule has 98 valence electrons. The smallest absolute Gasteiger partial charge is 0.271 e. The minimum absolute atomic E-state index is 0.267. The number of halogens is 1. The van der Waals surface area contributed by atoms with Gasteiger partial charge in [-0.1, -0.05) is 6.07 Å². The zero-order chi connectivity index (χ0) is 13.7. The fourth-order valence-corrected chi connectivity index (χ4v) is 2.52. The number of methoxy groups -OCH3 is 1. The Hall–Kier alpha value is -1.66. The lowest BCUT2D eigenvalue weighted by Crippen LogP contribution is -2.17. The SMILES string of the molecule is COc1ccc(C(=O)N/N=C/c2cccs2)cc1Br. The third-order valence-electron chi connectivity index (χ3n) is 2.32. The Morgan fingerprint density at radius 1 is 1.47 bits per heavy atom. The van der Waals surface area contributed by atoms with E-state index in [-0.39, 0.29) is 5.91 Å². The minimum atomic E-state index is -0.267. The predicted molar refractivity (Wildman–Crippen MR) is 80.1 cm³/mol. The summed E-state index contributed by atoms with van der Waals surface area (Å²) in [7, 11) is 1.57. The van der Waals surface area contributed by atoms with Crippen molar-refractivity contribution >= 4 is 39.4 Å². The summed E-state index contributed by atoms with van der Waals surface area (Å²) in [6.07, 6.45) is 1.61. The number of nitrogens with zero attached hydrogens (tertiary/aromatic N) is 1. The summed E-state index contributed by atoms with van der Waals surface area (Å²) in [6, 6.07) is 8.94. The molecule has 19 heavy (non-hydrogen) atoms. The van der Waals surface area contributed by atoms with E-state index >= 15 is 0 Å². The zero-order valence-corrected chi connectivity index (χ0v) is 12.5. The van der Waals surface area contributed by atoms with E-state index in [4.69, 9.17) is 4.74 Å². The van der Waals surface area contributed by atoms with Crippen molar-refractivity contribution in [3.63, 3.8) is 0 Å². The Kier molecular flexibility index (Phi) is 4.70. The maximum Gasteiger partial charge on any atom is 0.271 e. The van der Waals surface area contributed by atoms with Crippen LogP contribution in [0.3, 0.4) is 0 Å². The van der Waals surface area contributed by atoms with Crippen LogP contribution in [0.5, 0.6) is 5.75 Å². The maximum absolute atomic E-state index is 11.8. The third-order valence-corrected chi connectivity index (χ3v) is 3.74. The number of hydrogen-bond acceptors (Lipinski definition) is 4. The van der Waals surface area contributed by atoms with E-state index in [1.54, 1.807) is 42.9 Å². The largest absolute Gasteiger partial charge is 0.496 e. The maximum atomic E-state index is 11.8. The quantitative estimate of drug-likeness (QED) is 0.687. The molecule has 0 unspecified atom stereocenters. The molecule has 6 heteroatoms. The third kappa shape index (κ3) is 3.65. The topological polar surface area (TPSA) is 50.7 Å². The lowest BCUT2D eigenvalue weighted by Gasteiger charge is -2.05. The monoisotopic (exact) mass is 338 g/mol. The number of hydrogen-bond donors (Lipinski definition) is 1. The first-order valence-electron chi connectivity index (χ1n) is 5.41. The van der Waals surface area contributed by atoms with Gasteiger partial charge in [0, 0.05) is 10.4 Å². The van der Waals surface area contributed by atoms with E-state index in [0.29, 0.717) is 11.3 Å². The average Bonchev–Trinajstić information content (AvgIpc) is 2.91. The molecule has 1 aromatic heterocycles. The standard InChI is InChI=1S/C13H11BrN2O2S/c1-18-12-5-4-9(7-11(12)14)13(17)16-15-8-10-3-2-6-19-10/h2-8H,1H3,(H,16,17)/b15-8+. The molecule has 0 aliphatic carbocycles.